The number of carbonyl (C=O) groups excluding carboxylic acids is 1. The Kier molecular flexibility index (Phi) is 5.21. The zero-order valence-corrected chi connectivity index (χ0v) is 16.8. The van der Waals surface area contributed by atoms with Crippen molar-refractivity contribution in [1.29, 1.82) is 0 Å². The average Bonchev–Trinajstić information content (AvgIpc) is 3.17. The van der Waals surface area contributed by atoms with Gasteiger partial charge in [0.25, 0.3) is 5.91 Å². The van der Waals surface area contributed by atoms with Crippen molar-refractivity contribution in [1.82, 2.24) is 19.7 Å². The molecule has 0 aliphatic rings. The minimum atomic E-state index is -0.131. The number of hydrogen-bond acceptors (Lipinski definition) is 6. The molecule has 2 aromatic carbocycles. The van der Waals surface area contributed by atoms with E-state index in [1.54, 1.807) is 45.8 Å². The predicted octanol–water partition coefficient (Wildman–Crippen LogP) is 3.52. The quantitative estimate of drug-likeness (QED) is 0.512. The predicted molar refractivity (Wildman–Crippen MR) is 115 cm³/mol. The van der Waals surface area contributed by atoms with Crippen molar-refractivity contribution in [3.8, 4) is 22.8 Å². The zero-order valence-electron chi connectivity index (χ0n) is 16.8. The third kappa shape index (κ3) is 3.50. The first-order chi connectivity index (χ1) is 14.6. The Labute approximate surface area is 173 Å². The third-order valence-electron chi connectivity index (χ3n) is 4.72. The molecule has 0 radical (unpaired) electrons. The maximum Gasteiger partial charge on any atom is 0.251 e. The van der Waals surface area contributed by atoms with Gasteiger partial charge in [0.1, 0.15) is 11.5 Å². The van der Waals surface area contributed by atoms with Gasteiger partial charge in [0.05, 0.1) is 20.4 Å². The van der Waals surface area contributed by atoms with Crippen LogP contribution < -0.4 is 20.1 Å². The van der Waals surface area contributed by atoms with Crippen LogP contribution in [0.25, 0.3) is 16.9 Å². The first-order valence-electron chi connectivity index (χ1n) is 9.28. The molecular formula is C22H21N5O3. The summed E-state index contributed by atoms with van der Waals surface area (Å²) in [5.41, 5.74) is 3.71. The normalized spacial score (nSPS) is 10.6. The molecular weight excluding hydrogens is 382 g/mol. The van der Waals surface area contributed by atoms with Crippen LogP contribution in [-0.2, 0) is 0 Å². The van der Waals surface area contributed by atoms with Crippen LogP contribution in [0.5, 0.6) is 11.5 Å². The van der Waals surface area contributed by atoms with Crippen LogP contribution in [0.3, 0.4) is 0 Å². The molecule has 0 saturated carbocycles. The smallest absolute Gasteiger partial charge is 0.251 e. The molecule has 0 atom stereocenters. The Morgan fingerprint density at radius 1 is 1.03 bits per heavy atom. The van der Waals surface area contributed by atoms with Crippen molar-refractivity contribution >= 4 is 23.1 Å². The first kappa shape index (κ1) is 19.3. The van der Waals surface area contributed by atoms with E-state index in [9.17, 15) is 4.79 Å². The van der Waals surface area contributed by atoms with E-state index in [0.29, 0.717) is 22.7 Å². The number of imidazole rings is 1. The van der Waals surface area contributed by atoms with Crippen LogP contribution in [0.2, 0.25) is 0 Å². The lowest BCUT2D eigenvalue weighted by Crippen LogP contribution is -2.17. The van der Waals surface area contributed by atoms with Crippen LogP contribution in [0.1, 0.15) is 10.4 Å². The summed E-state index contributed by atoms with van der Waals surface area (Å²) in [4.78, 5) is 20.7. The summed E-state index contributed by atoms with van der Waals surface area (Å²) in [7, 11) is 4.81. The van der Waals surface area contributed by atoms with Crippen LogP contribution in [0, 0.1) is 0 Å². The SMILES string of the molecule is CNC(=O)c1ccc(Nc2c(-c3ccc(OC)c(OC)c3)nc3cnccn23)cc1. The number of nitrogens with zero attached hydrogens (tertiary/aromatic N) is 3. The number of aromatic nitrogens is 3. The van der Waals surface area contributed by atoms with E-state index in [4.69, 9.17) is 14.5 Å². The second-order valence-corrected chi connectivity index (χ2v) is 6.46. The summed E-state index contributed by atoms with van der Waals surface area (Å²) < 4.78 is 12.7. The minimum absolute atomic E-state index is 0.131. The first-order valence-corrected chi connectivity index (χ1v) is 9.28. The van der Waals surface area contributed by atoms with Gasteiger partial charge in [0.15, 0.2) is 17.1 Å². The van der Waals surface area contributed by atoms with Crippen molar-refractivity contribution in [3.63, 3.8) is 0 Å². The lowest BCUT2D eigenvalue weighted by molar-refractivity contribution is 0.0963. The van der Waals surface area contributed by atoms with Gasteiger partial charge < -0.3 is 20.1 Å². The summed E-state index contributed by atoms with van der Waals surface area (Å²) in [6, 6.07) is 12.9. The molecule has 2 N–H and O–H groups in total. The summed E-state index contributed by atoms with van der Waals surface area (Å²) in [5.74, 6) is 1.90. The van der Waals surface area contributed by atoms with Gasteiger partial charge >= 0.3 is 0 Å². The van der Waals surface area contributed by atoms with E-state index in [1.807, 2.05) is 40.9 Å². The van der Waals surface area contributed by atoms with E-state index < -0.39 is 0 Å². The summed E-state index contributed by atoms with van der Waals surface area (Å²) >= 11 is 0. The van der Waals surface area contributed by atoms with Crippen molar-refractivity contribution in [2.24, 2.45) is 0 Å². The Morgan fingerprint density at radius 3 is 2.50 bits per heavy atom. The number of benzene rings is 2. The number of rotatable bonds is 6. The molecule has 30 heavy (non-hydrogen) atoms. The molecule has 0 aliphatic heterocycles. The highest BCUT2D eigenvalue weighted by Crippen LogP contribution is 2.36. The lowest BCUT2D eigenvalue weighted by Gasteiger charge is -2.11. The topological polar surface area (TPSA) is 89.8 Å². The van der Waals surface area contributed by atoms with E-state index >= 15 is 0 Å². The Morgan fingerprint density at radius 2 is 1.80 bits per heavy atom. The number of anilines is 2. The Balaban J connectivity index is 1.79. The third-order valence-corrected chi connectivity index (χ3v) is 4.72. The van der Waals surface area contributed by atoms with E-state index in [-0.39, 0.29) is 5.91 Å². The van der Waals surface area contributed by atoms with Gasteiger partial charge in [-0.3, -0.25) is 14.2 Å². The number of ether oxygens (including phenoxy) is 2. The molecule has 2 heterocycles. The summed E-state index contributed by atoms with van der Waals surface area (Å²) in [6.45, 7) is 0. The van der Waals surface area contributed by atoms with Gasteiger partial charge in [-0.15, -0.1) is 0 Å². The molecule has 1 amide bonds. The molecule has 0 spiro atoms. The van der Waals surface area contributed by atoms with Crippen LogP contribution >= 0.6 is 0 Å². The molecule has 0 aliphatic carbocycles. The van der Waals surface area contributed by atoms with Gasteiger partial charge in [-0.25, -0.2) is 4.98 Å². The molecule has 0 fully saturated rings. The molecule has 0 unspecified atom stereocenters. The van der Waals surface area contributed by atoms with Crippen LogP contribution in [-0.4, -0.2) is 41.5 Å². The van der Waals surface area contributed by atoms with E-state index in [2.05, 4.69) is 15.6 Å². The average molecular weight is 403 g/mol. The van der Waals surface area contributed by atoms with Gasteiger partial charge in [0, 0.05) is 36.3 Å². The molecule has 4 rings (SSSR count). The number of amides is 1. The standard InChI is InChI=1S/C22H21N5O3/c1-23-22(28)14-4-7-16(8-5-14)25-21-20(26-19-13-24-10-11-27(19)21)15-6-9-17(29-2)18(12-15)30-3/h4-13,25H,1-3H3,(H,23,28). The lowest BCUT2D eigenvalue weighted by atomic mass is 10.1. The molecule has 2 aromatic heterocycles. The number of hydrogen-bond donors (Lipinski definition) is 2. The van der Waals surface area contributed by atoms with Crippen LogP contribution in [0.15, 0.2) is 61.1 Å². The van der Waals surface area contributed by atoms with Gasteiger partial charge in [-0.1, -0.05) is 0 Å². The molecule has 8 nitrogen and oxygen atoms in total. The van der Waals surface area contributed by atoms with Crippen LogP contribution in [0.4, 0.5) is 11.5 Å². The fourth-order valence-electron chi connectivity index (χ4n) is 3.20. The van der Waals surface area contributed by atoms with E-state index in [0.717, 1.165) is 22.8 Å². The second-order valence-electron chi connectivity index (χ2n) is 6.46. The van der Waals surface area contributed by atoms with Crippen molar-refractivity contribution in [3.05, 3.63) is 66.6 Å². The number of nitrogens with one attached hydrogen (secondary N) is 2. The van der Waals surface area contributed by atoms with Gasteiger partial charge in [-0.05, 0) is 42.5 Å². The minimum Gasteiger partial charge on any atom is -0.493 e. The molecule has 0 bridgehead atoms. The van der Waals surface area contributed by atoms with Crippen molar-refractivity contribution < 1.29 is 14.3 Å². The Hall–Kier alpha value is -4.07. The number of fused-ring (bicyclic) bond motifs is 1. The fraction of sp³-hybridized carbons (Fsp3) is 0.136. The highest BCUT2D eigenvalue weighted by atomic mass is 16.5. The molecule has 152 valence electrons. The highest BCUT2D eigenvalue weighted by molar-refractivity contribution is 5.94. The molecule has 8 heteroatoms. The van der Waals surface area contributed by atoms with Gasteiger partial charge in [-0.2, -0.15) is 0 Å². The largest absolute Gasteiger partial charge is 0.493 e. The maximum atomic E-state index is 11.8. The summed E-state index contributed by atoms with van der Waals surface area (Å²) in [6.07, 6.45) is 5.24. The Bertz CT molecular complexity index is 1200. The van der Waals surface area contributed by atoms with E-state index in [1.165, 1.54) is 0 Å². The highest BCUT2D eigenvalue weighted by Gasteiger charge is 2.17. The molecule has 0 saturated heterocycles. The van der Waals surface area contributed by atoms with Gasteiger partial charge in [0.2, 0.25) is 0 Å². The number of methoxy groups -OCH3 is 2. The van der Waals surface area contributed by atoms with Crippen molar-refractivity contribution in [2.75, 3.05) is 26.6 Å². The monoisotopic (exact) mass is 403 g/mol. The summed E-state index contributed by atoms with van der Waals surface area (Å²) in [5, 5.41) is 6.03. The maximum absolute atomic E-state index is 11.8. The molecule has 4 aromatic rings. The zero-order chi connectivity index (χ0) is 21.1. The second kappa shape index (κ2) is 8.12. The van der Waals surface area contributed by atoms with Crippen molar-refractivity contribution in [2.45, 2.75) is 0 Å². The number of carbonyl (C=O) groups is 1. The fourth-order valence-corrected chi connectivity index (χ4v) is 3.20.